The fourth-order valence-corrected chi connectivity index (χ4v) is 1.25. The number of aliphatic hydroxyl groups is 1. The third-order valence-corrected chi connectivity index (χ3v) is 1.94. The summed E-state index contributed by atoms with van der Waals surface area (Å²) in [6.07, 6.45) is -1.54. The molecule has 1 aromatic rings. The number of benzene rings is 1. The van der Waals surface area contributed by atoms with Crippen molar-refractivity contribution in [3.63, 3.8) is 0 Å². The minimum atomic E-state index is -1.14. The lowest BCUT2D eigenvalue weighted by atomic mass is 10.1. The number of carboxylic acid groups (broad SMARTS) is 1. The number of aliphatic hydroxyl groups excluding tert-OH is 1. The molecule has 5 heteroatoms. The maximum Gasteiger partial charge on any atom is 0.306 e. The van der Waals surface area contributed by atoms with E-state index >= 15 is 0 Å². The Kier molecular flexibility index (Phi) is 3.51. The highest BCUT2D eigenvalue weighted by Gasteiger charge is 2.16. The third kappa shape index (κ3) is 2.85. The van der Waals surface area contributed by atoms with Gasteiger partial charge in [0.25, 0.3) is 0 Å². The van der Waals surface area contributed by atoms with Gasteiger partial charge in [-0.15, -0.1) is 0 Å². The Hall–Kier alpha value is -1.75. The minimum Gasteiger partial charge on any atom is -0.508 e. The topological polar surface area (TPSA) is 87.0 Å². The van der Waals surface area contributed by atoms with Crippen molar-refractivity contribution in [2.45, 2.75) is 12.5 Å². The molecule has 0 spiro atoms. The van der Waals surface area contributed by atoms with Gasteiger partial charge in [0.15, 0.2) is 0 Å². The summed E-state index contributed by atoms with van der Waals surface area (Å²) in [5.41, 5.74) is 0.345. The highest BCUT2D eigenvalue weighted by molar-refractivity contribution is 5.68. The number of hydrogen-bond donors (Lipinski definition) is 3. The van der Waals surface area contributed by atoms with Crippen molar-refractivity contribution in [2.75, 3.05) is 7.11 Å². The Balaban J connectivity index is 2.97. The van der Waals surface area contributed by atoms with Crippen LogP contribution in [-0.4, -0.2) is 28.4 Å². The standard InChI is InChI=1S/C10H12O5/c1-15-9-4-6(11)2-3-7(9)8(12)5-10(13)14/h2-4,8,11-12H,5H2,1H3,(H,13,14)/t8-/m1/s1. The van der Waals surface area contributed by atoms with Crippen molar-refractivity contribution in [1.82, 2.24) is 0 Å². The number of aliphatic carboxylic acids is 1. The lowest BCUT2D eigenvalue weighted by molar-refractivity contribution is -0.139. The minimum absolute atomic E-state index is 0.00174. The third-order valence-electron chi connectivity index (χ3n) is 1.94. The Morgan fingerprint density at radius 3 is 2.73 bits per heavy atom. The SMILES string of the molecule is COc1cc(O)ccc1[C@H](O)CC(=O)O. The van der Waals surface area contributed by atoms with Crippen LogP contribution in [0.5, 0.6) is 11.5 Å². The zero-order valence-electron chi connectivity index (χ0n) is 8.17. The molecule has 0 fully saturated rings. The fraction of sp³-hybridized carbons (Fsp3) is 0.300. The van der Waals surface area contributed by atoms with Crippen LogP contribution in [0.4, 0.5) is 0 Å². The quantitative estimate of drug-likeness (QED) is 0.690. The normalized spacial score (nSPS) is 12.1. The first-order valence-corrected chi connectivity index (χ1v) is 4.31. The van der Waals surface area contributed by atoms with Crippen LogP contribution in [0.25, 0.3) is 0 Å². The van der Waals surface area contributed by atoms with E-state index in [1.807, 2.05) is 0 Å². The number of ether oxygens (including phenoxy) is 1. The Bertz CT molecular complexity index is 361. The van der Waals surface area contributed by atoms with Crippen LogP contribution in [0.15, 0.2) is 18.2 Å². The van der Waals surface area contributed by atoms with Crippen LogP contribution >= 0.6 is 0 Å². The van der Waals surface area contributed by atoms with Gasteiger partial charge in [-0.3, -0.25) is 4.79 Å². The average molecular weight is 212 g/mol. The first kappa shape index (κ1) is 11.3. The number of carbonyl (C=O) groups is 1. The van der Waals surface area contributed by atoms with Crippen molar-refractivity contribution < 1.29 is 24.9 Å². The maximum atomic E-state index is 10.4. The van der Waals surface area contributed by atoms with Crippen molar-refractivity contribution >= 4 is 5.97 Å². The number of phenolic OH excluding ortho intramolecular Hbond substituents is 1. The summed E-state index contributed by atoms with van der Waals surface area (Å²) >= 11 is 0. The molecule has 0 amide bonds. The molecule has 0 unspecified atom stereocenters. The summed E-state index contributed by atoms with van der Waals surface area (Å²) < 4.78 is 4.92. The molecule has 0 aliphatic heterocycles. The molecule has 5 nitrogen and oxygen atoms in total. The van der Waals surface area contributed by atoms with Crippen molar-refractivity contribution in [3.05, 3.63) is 23.8 Å². The lowest BCUT2D eigenvalue weighted by Crippen LogP contribution is -2.06. The largest absolute Gasteiger partial charge is 0.508 e. The van der Waals surface area contributed by atoms with Gasteiger partial charge in [-0.2, -0.15) is 0 Å². The molecular formula is C10H12O5. The Morgan fingerprint density at radius 2 is 2.20 bits per heavy atom. The molecule has 1 aromatic carbocycles. The van der Waals surface area contributed by atoms with Gasteiger partial charge in [-0.1, -0.05) is 0 Å². The van der Waals surface area contributed by atoms with E-state index in [1.54, 1.807) is 0 Å². The van der Waals surface area contributed by atoms with E-state index < -0.39 is 18.5 Å². The molecule has 0 saturated heterocycles. The summed E-state index contributed by atoms with van der Waals surface area (Å²) in [6.45, 7) is 0. The fourth-order valence-electron chi connectivity index (χ4n) is 1.25. The van der Waals surface area contributed by atoms with E-state index in [1.165, 1.54) is 25.3 Å². The summed E-state index contributed by atoms with van der Waals surface area (Å²) in [5, 5.41) is 27.2. The van der Waals surface area contributed by atoms with Gasteiger partial charge in [0.1, 0.15) is 11.5 Å². The smallest absolute Gasteiger partial charge is 0.306 e. The van der Waals surface area contributed by atoms with E-state index in [2.05, 4.69) is 0 Å². The molecule has 0 aromatic heterocycles. The van der Waals surface area contributed by atoms with Gasteiger partial charge in [0.05, 0.1) is 19.6 Å². The van der Waals surface area contributed by atoms with Gasteiger partial charge in [-0.25, -0.2) is 0 Å². The highest BCUT2D eigenvalue weighted by Crippen LogP contribution is 2.30. The van der Waals surface area contributed by atoms with Crippen LogP contribution in [0.3, 0.4) is 0 Å². The average Bonchev–Trinajstić information content (AvgIpc) is 2.16. The molecular weight excluding hydrogens is 200 g/mol. The van der Waals surface area contributed by atoms with Gasteiger partial charge < -0.3 is 20.1 Å². The molecule has 0 heterocycles. The van der Waals surface area contributed by atoms with E-state index in [9.17, 15) is 9.90 Å². The zero-order valence-corrected chi connectivity index (χ0v) is 8.17. The number of rotatable bonds is 4. The van der Waals surface area contributed by atoms with Crippen molar-refractivity contribution in [3.8, 4) is 11.5 Å². The van der Waals surface area contributed by atoms with E-state index in [4.69, 9.17) is 14.9 Å². The van der Waals surface area contributed by atoms with E-state index in [0.29, 0.717) is 5.56 Å². The van der Waals surface area contributed by atoms with Crippen LogP contribution in [0.1, 0.15) is 18.1 Å². The van der Waals surface area contributed by atoms with Crippen LogP contribution < -0.4 is 4.74 Å². The molecule has 0 radical (unpaired) electrons. The highest BCUT2D eigenvalue weighted by atomic mass is 16.5. The van der Waals surface area contributed by atoms with Crippen molar-refractivity contribution in [2.24, 2.45) is 0 Å². The van der Waals surface area contributed by atoms with Gasteiger partial charge >= 0.3 is 5.97 Å². The summed E-state index contributed by atoms with van der Waals surface area (Å²) in [4.78, 5) is 10.4. The maximum absolute atomic E-state index is 10.4. The predicted octanol–water partition coefficient (Wildman–Crippen LogP) is 0.909. The first-order valence-electron chi connectivity index (χ1n) is 4.31. The summed E-state index contributed by atoms with van der Waals surface area (Å²) in [6, 6.07) is 4.12. The molecule has 82 valence electrons. The van der Waals surface area contributed by atoms with E-state index in [0.717, 1.165) is 0 Å². The molecule has 1 rings (SSSR count). The van der Waals surface area contributed by atoms with Crippen LogP contribution in [-0.2, 0) is 4.79 Å². The molecule has 15 heavy (non-hydrogen) atoms. The van der Waals surface area contributed by atoms with Gasteiger partial charge in [-0.05, 0) is 12.1 Å². The summed E-state index contributed by atoms with van der Waals surface area (Å²) in [5.74, 6) is -0.834. The number of hydrogen-bond acceptors (Lipinski definition) is 4. The van der Waals surface area contributed by atoms with E-state index in [-0.39, 0.29) is 11.5 Å². The number of phenols is 1. The molecule has 0 bridgehead atoms. The Labute approximate surface area is 86.5 Å². The molecule has 0 aliphatic rings. The molecule has 0 saturated carbocycles. The second kappa shape index (κ2) is 4.65. The predicted molar refractivity (Wildman–Crippen MR) is 51.9 cm³/mol. The number of methoxy groups -OCH3 is 1. The Morgan fingerprint density at radius 1 is 1.53 bits per heavy atom. The number of aromatic hydroxyl groups is 1. The molecule has 1 atom stereocenters. The first-order chi connectivity index (χ1) is 7.04. The van der Waals surface area contributed by atoms with Crippen molar-refractivity contribution in [1.29, 1.82) is 0 Å². The lowest BCUT2D eigenvalue weighted by Gasteiger charge is -2.13. The van der Waals surface area contributed by atoms with Gasteiger partial charge in [0, 0.05) is 11.6 Å². The van der Waals surface area contributed by atoms with Gasteiger partial charge in [0.2, 0.25) is 0 Å². The van der Waals surface area contributed by atoms with Crippen LogP contribution in [0.2, 0.25) is 0 Å². The zero-order chi connectivity index (χ0) is 11.4. The second-order valence-electron chi connectivity index (χ2n) is 3.04. The number of carboxylic acids is 1. The second-order valence-corrected chi connectivity index (χ2v) is 3.04. The molecule has 0 aliphatic carbocycles. The summed E-state index contributed by atoms with van der Waals surface area (Å²) in [7, 11) is 1.38. The van der Waals surface area contributed by atoms with Crippen LogP contribution in [0, 0.1) is 0 Å². The monoisotopic (exact) mass is 212 g/mol. The molecule has 3 N–H and O–H groups in total.